The van der Waals surface area contributed by atoms with Crippen molar-refractivity contribution in [3.05, 3.63) is 114 Å². The lowest BCUT2D eigenvalue weighted by Gasteiger charge is -2.37. The van der Waals surface area contributed by atoms with Gasteiger partial charge in [-0.2, -0.15) is 0 Å². The fraction of sp³-hybridized carbons (Fsp3) is 0.167. The predicted molar refractivity (Wildman–Crippen MR) is 142 cm³/mol. The largest absolute Gasteiger partial charge is 0.468 e. The topological polar surface area (TPSA) is 106 Å². The number of β-lactam (4-membered cyclic amide) rings is 1. The van der Waals surface area contributed by atoms with Crippen LogP contribution in [-0.4, -0.2) is 36.2 Å². The van der Waals surface area contributed by atoms with Crippen molar-refractivity contribution in [1.82, 2.24) is 16.0 Å². The van der Waals surface area contributed by atoms with Crippen LogP contribution in [-0.2, 0) is 27.4 Å². The Bertz CT molecular complexity index is 1420. The molecule has 1 heterocycles. The van der Waals surface area contributed by atoms with Crippen LogP contribution in [0.25, 0.3) is 10.8 Å². The summed E-state index contributed by atoms with van der Waals surface area (Å²) in [4.78, 5) is 38.4. The van der Waals surface area contributed by atoms with Crippen molar-refractivity contribution in [2.24, 2.45) is 0 Å². The highest BCUT2D eigenvalue weighted by Gasteiger charge is 2.43. The van der Waals surface area contributed by atoms with Gasteiger partial charge in [-0.05, 0) is 34.0 Å². The lowest BCUT2D eigenvalue weighted by Crippen LogP contribution is -2.72. The number of amides is 3. The van der Waals surface area contributed by atoms with Crippen LogP contribution < -0.4 is 20.7 Å². The summed E-state index contributed by atoms with van der Waals surface area (Å²) in [5.74, 6) is -0.322. The van der Waals surface area contributed by atoms with Gasteiger partial charge in [0.2, 0.25) is 12.1 Å². The van der Waals surface area contributed by atoms with E-state index >= 15 is 0 Å². The van der Waals surface area contributed by atoms with Crippen molar-refractivity contribution in [2.45, 2.75) is 31.3 Å². The van der Waals surface area contributed by atoms with Crippen LogP contribution in [0.15, 0.2) is 103 Å². The van der Waals surface area contributed by atoms with Gasteiger partial charge in [-0.1, -0.05) is 91.0 Å². The van der Waals surface area contributed by atoms with Crippen LogP contribution in [0.3, 0.4) is 0 Å². The van der Waals surface area contributed by atoms with Crippen molar-refractivity contribution >= 4 is 28.7 Å². The molecule has 0 aromatic heterocycles. The number of nitrogens with one attached hydrogen (secondary N) is 3. The van der Waals surface area contributed by atoms with Gasteiger partial charge < -0.3 is 25.4 Å². The molecule has 0 bridgehead atoms. The van der Waals surface area contributed by atoms with E-state index in [0.29, 0.717) is 5.75 Å². The Morgan fingerprint density at radius 3 is 2.29 bits per heavy atom. The molecule has 1 fully saturated rings. The van der Waals surface area contributed by atoms with Crippen molar-refractivity contribution in [1.29, 1.82) is 0 Å². The first kappa shape index (κ1) is 24.8. The van der Waals surface area contributed by atoms with Crippen molar-refractivity contribution in [3.8, 4) is 5.75 Å². The van der Waals surface area contributed by atoms with Crippen LogP contribution in [0, 0.1) is 0 Å². The molecule has 5 rings (SSSR count). The number of carbonyl (C=O) groups is 3. The van der Waals surface area contributed by atoms with E-state index in [2.05, 4.69) is 16.0 Å². The predicted octanol–water partition coefficient (Wildman–Crippen LogP) is 3.70. The minimum atomic E-state index is -0.991. The second-order valence-corrected chi connectivity index (χ2v) is 8.95. The number of rotatable bonds is 9. The van der Waals surface area contributed by atoms with E-state index in [1.807, 2.05) is 91.0 Å². The first-order valence-electron chi connectivity index (χ1n) is 12.3. The molecule has 3 atom stereocenters. The Kier molecular flexibility index (Phi) is 7.49. The summed E-state index contributed by atoms with van der Waals surface area (Å²) in [7, 11) is 0. The van der Waals surface area contributed by atoms with Crippen LogP contribution in [0.5, 0.6) is 5.75 Å². The van der Waals surface area contributed by atoms with Crippen molar-refractivity contribution < 1.29 is 23.9 Å². The van der Waals surface area contributed by atoms with Gasteiger partial charge in [-0.25, -0.2) is 4.79 Å². The maximum Gasteiger partial charge on any atom is 0.408 e. The Labute approximate surface area is 220 Å². The molecular formula is C30H27N3O5. The van der Waals surface area contributed by atoms with Gasteiger partial charge in [-0.15, -0.1) is 0 Å². The lowest BCUT2D eigenvalue weighted by molar-refractivity contribution is -0.143. The second-order valence-electron chi connectivity index (χ2n) is 8.95. The zero-order valence-electron chi connectivity index (χ0n) is 20.5. The SMILES string of the molecule is O=C(N[C@@H](Cc1cccc2ccccc12)C(=O)N[C@@H]1C(=O)N[C@H]1Oc1ccccc1)OCc1ccccc1. The number of hydrogen-bond donors (Lipinski definition) is 3. The number of hydrogen-bond acceptors (Lipinski definition) is 5. The number of benzene rings is 4. The molecule has 3 amide bonds. The summed E-state index contributed by atoms with van der Waals surface area (Å²) in [5, 5.41) is 10.1. The van der Waals surface area contributed by atoms with Crippen LogP contribution >= 0.6 is 0 Å². The fourth-order valence-corrected chi connectivity index (χ4v) is 4.30. The van der Waals surface area contributed by atoms with E-state index in [1.165, 1.54) is 0 Å². The number of fused-ring (bicyclic) bond motifs is 1. The summed E-state index contributed by atoms with van der Waals surface area (Å²) in [6.45, 7) is 0.0628. The van der Waals surface area contributed by atoms with Gasteiger partial charge in [0.05, 0.1) is 0 Å². The second kappa shape index (κ2) is 11.5. The molecule has 3 N–H and O–H groups in total. The highest BCUT2D eigenvalue weighted by atomic mass is 16.5. The van der Waals surface area contributed by atoms with Gasteiger partial charge >= 0.3 is 6.09 Å². The van der Waals surface area contributed by atoms with Gasteiger partial charge in [0, 0.05) is 6.42 Å². The maximum absolute atomic E-state index is 13.4. The van der Waals surface area contributed by atoms with E-state index in [0.717, 1.165) is 21.9 Å². The monoisotopic (exact) mass is 509 g/mol. The summed E-state index contributed by atoms with van der Waals surface area (Å²) in [5.41, 5.74) is 1.70. The molecule has 0 saturated carbocycles. The van der Waals surface area contributed by atoms with E-state index in [1.54, 1.807) is 12.1 Å². The molecule has 4 aromatic rings. The number of carbonyl (C=O) groups excluding carboxylic acids is 3. The molecule has 1 aliphatic rings. The third-order valence-corrected chi connectivity index (χ3v) is 6.30. The third kappa shape index (κ3) is 5.92. The Hall–Kier alpha value is -4.85. The van der Waals surface area contributed by atoms with E-state index in [9.17, 15) is 14.4 Å². The van der Waals surface area contributed by atoms with Crippen molar-refractivity contribution in [2.75, 3.05) is 0 Å². The number of ether oxygens (including phenoxy) is 2. The standard InChI is InChI=1S/C30H27N3O5/c34-27(32-26-28(35)33-29(26)38-23-15-5-2-6-16-23)25(31-30(36)37-19-20-10-3-1-4-11-20)18-22-14-9-13-21-12-7-8-17-24(21)22/h1-17,25-26,29H,18-19H2,(H,31,36)(H,32,34)(H,33,35)/t25-,26+,29-/m0/s1. The molecule has 0 spiro atoms. The molecule has 0 unspecified atom stereocenters. The zero-order chi connectivity index (χ0) is 26.3. The van der Waals surface area contributed by atoms with Crippen molar-refractivity contribution in [3.63, 3.8) is 0 Å². The average molecular weight is 510 g/mol. The molecule has 1 aliphatic heterocycles. The van der Waals surface area contributed by atoms with Gasteiger partial charge in [-0.3, -0.25) is 9.59 Å². The Morgan fingerprint density at radius 1 is 0.842 bits per heavy atom. The average Bonchev–Trinajstić information content (AvgIpc) is 2.95. The van der Waals surface area contributed by atoms with Crippen LogP contribution in [0.2, 0.25) is 0 Å². The highest BCUT2D eigenvalue weighted by Crippen LogP contribution is 2.21. The minimum absolute atomic E-state index is 0.0628. The fourth-order valence-electron chi connectivity index (χ4n) is 4.30. The quantitative estimate of drug-likeness (QED) is 0.299. The van der Waals surface area contributed by atoms with Gasteiger partial charge in [0.1, 0.15) is 18.4 Å². The van der Waals surface area contributed by atoms with Gasteiger partial charge in [0.15, 0.2) is 6.04 Å². The number of alkyl carbamates (subject to hydrolysis) is 1. The summed E-state index contributed by atoms with van der Waals surface area (Å²) in [6.07, 6.45) is -1.26. The minimum Gasteiger partial charge on any atom is -0.468 e. The first-order chi connectivity index (χ1) is 18.6. The molecule has 8 nitrogen and oxygen atoms in total. The smallest absolute Gasteiger partial charge is 0.408 e. The van der Waals surface area contributed by atoms with E-state index in [-0.39, 0.29) is 18.9 Å². The zero-order valence-corrected chi connectivity index (χ0v) is 20.5. The van der Waals surface area contributed by atoms with E-state index < -0.39 is 30.3 Å². The highest BCUT2D eigenvalue weighted by molar-refractivity contribution is 5.95. The Balaban J connectivity index is 1.31. The molecule has 4 aromatic carbocycles. The third-order valence-electron chi connectivity index (χ3n) is 6.30. The molecule has 0 aliphatic carbocycles. The summed E-state index contributed by atoms with van der Waals surface area (Å²) >= 11 is 0. The molecule has 8 heteroatoms. The van der Waals surface area contributed by atoms with Crippen LogP contribution in [0.4, 0.5) is 4.79 Å². The molecule has 38 heavy (non-hydrogen) atoms. The van der Waals surface area contributed by atoms with E-state index in [4.69, 9.17) is 9.47 Å². The molecule has 192 valence electrons. The summed E-state index contributed by atoms with van der Waals surface area (Å²) in [6, 6.07) is 30.0. The lowest BCUT2D eigenvalue weighted by atomic mass is 9.98. The molecule has 1 saturated heterocycles. The molecule has 0 radical (unpaired) electrons. The number of para-hydroxylation sites is 1. The van der Waals surface area contributed by atoms with Crippen LogP contribution in [0.1, 0.15) is 11.1 Å². The Morgan fingerprint density at radius 2 is 1.53 bits per heavy atom. The normalized spacial score (nSPS) is 17.0. The maximum atomic E-state index is 13.4. The summed E-state index contributed by atoms with van der Waals surface area (Å²) < 4.78 is 11.2. The molecular weight excluding hydrogens is 482 g/mol. The van der Waals surface area contributed by atoms with Gasteiger partial charge in [0.25, 0.3) is 5.91 Å². The first-order valence-corrected chi connectivity index (χ1v) is 12.3.